The summed E-state index contributed by atoms with van der Waals surface area (Å²) in [6.45, 7) is 8.28. The van der Waals surface area contributed by atoms with E-state index in [0.717, 1.165) is 38.6 Å². The average molecular weight is 436 g/mol. The van der Waals surface area contributed by atoms with Gasteiger partial charge in [-0.05, 0) is 50.6 Å². The zero-order chi connectivity index (χ0) is 21.4. The van der Waals surface area contributed by atoms with E-state index < -0.39 is 10.0 Å². The third kappa shape index (κ3) is 6.96. The van der Waals surface area contributed by atoms with E-state index in [9.17, 15) is 8.42 Å². The predicted molar refractivity (Wildman–Crippen MR) is 123 cm³/mol. The lowest BCUT2D eigenvalue weighted by Gasteiger charge is -2.48. The molecule has 0 spiro atoms. The SMILES string of the molecule is CCNC(=NCCCNS(C)(=O)=O)N1CCC2C(CCCN2Cc2ccccc2)C1. The van der Waals surface area contributed by atoms with Gasteiger partial charge in [-0.2, -0.15) is 0 Å². The fraction of sp³-hybridized carbons (Fsp3) is 0.682. The molecule has 1 aromatic rings. The Kier molecular flexibility index (Phi) is 8.53. The number of fused-ring (bicyclic) bond motifs is 1. The molecular weight excluding hydrogens is 398 g/mol. The Morgan fingerprint density at radius 1 is 1.20 bits per heavy atom. The standard InChI is InChI=1S/C22H37N5O2S/c1-3-23-22(24-13-8-14-25-30(2,28)29)27-16-12-21-20(18-27)11-7-15-26(21)17-19-9-5-4-6-10-19/h4-6,9-10,20-21,25H,3,7-8,11-18H2,1-2H3,(H,23,24). The normalized spacial score (nSPS) is 23.3. The molecule has 8 heteroatoms. The first-order valence-electron chi connectivity index (χ1n) is 11.2. The summed E-state index contributed by atoms with van der Waals surface area (Å²) in [7, 11) is -3.13. The first-order chi connectivity index (χ1) is 14.5. The summed E-state index contributed by atoms with van der Waals surface area (Å²) in [5.41, 5.74) is 1.40. The number of piperidine rings is 2. The van der Waals surface area contributed by atoms with Crippen LogP contribution in [0.15, 0.2) is 35.3 Å². The topological polar surface area (TPSA) is 77.0 Å². The van der Waals surface area contributed by atoms with Crippen LogP contribution in [-0.2, 0) is 16.6 Å². The maximum atomic E-state index is 11.2. The highest BCUT2D eigenvalue weighted by molar-refractivity contribution is 7.88. The van der Waals surface area contributed by atoms with Crippen LogP contribution in [0, 0.1) is 5.92 Å². The molecule has 0 radical (unpaired) electrons. The Morgan fingerprint density at radius 3 is 2.73 bits per heavy atom. The number of hydrogen-bond acceptors (Lipinski definition) is 4. The molecule has 30 heavy (non-hydrogen) atoms. The van der Waals surface area contributed by atoms with Gasteiger partial charge in [-0.25, -0.2) is 13.1 Å². The van der Waals surface area contributed by atoms with Crippen molar-refractivity contribution in [1.29, 1.82) is 0 Å². The number of nitrogens with zero attached hydrogens (tertiary/aromatic N) is 3. The second-order valence-corrected chi connectivity index (χ2v) is 10.2. The fourth-order valence-electron chi connectivity index (χ4n) is 4.66. The van der Waals surface area contributed by atoms with Gasteiger partial charge in [0, 0.05) is 45.3 Å². The zero-order valence-corrected chi connectivity index (χ0v) is 19.2. The lowest BCUT2D eigenvalue weighted by molar-refractivity contribution is 0.0372. The summed E-state index contributed by atoms with van der Waals surface area (Å²) in [5.74, 6) is 1.64. The molecule has 2 saturated heterocycles. The maximum absolute atomic E-state index is 11.2. The molecule has 0 aliphatic carbocycles. The van der Waals surface area contributed by atoms with Crippen molar-refractivity contribution in [3.63, 3.8) is 0 Å². The third-order valence-corrected chi connectivity index (χ3v) is 6.74. The van der Waals surface area contributed by atoms with Gasteiger partial charge in [0.15, 0.2) is 5.96 Å². The van der Waals surface area contributed by atoms with E-state index in [-0.39, 0.29) is 0 Å². The number of benzene rings is 1. The van der Waals surface area contributed by atoms with Crippen LogP contribution in [0.2, 0.25) is 0 Å². The zero-order valence-electron chi connectivity index (χ0n) is 18.4. The van der Waals surface area contributed by atoms with Crippen molar-refractivity contribution in [3.8, 4) is 0 Å². The molecule has 0 saturated carbocycles. The molecule has 0 aromatic heterocycles. The number of sulfonamides is 1. The van der Waals surface area contributed by atoms with Gasteiger partial charge in [0.05, 0.1) is 6.26 Å². The molecule has 168 valence electrons. The smallest absolute Gasteiger partial charge is 0.208 e. The highest BCUT2D eigenvalue weighted by Gasteiger charge is 2.36. The van der Waals surface area contributed by atoms with Crippen molar-refractivity contribution in [1.82, 2.24) is 19.8 Å². The fourth-order valence-corrected chi connectivity index (χ4v) is 5.18. The molecule has 2 aliphatic heterocycles. The van der Waals surface area contributed by atoms with E-state index in [1.54, 1.807) is 0 Å². The van der Waals surface area contributed by atoms with Gasteiger partial charge in [0.1, 0.15) is 0 Å². The molecule has 2 heterocycles. The second-order valence-electron chi connectivity index (χ2n) is 8.42. The summed E-state index contributed by atoms with van der Waals surface area (Å²) < 4.78 is 24.9. The van der Waals surface area contributed by atoms with Crippen LogP contribution in [0.5, 0.6) is 0 Å². The van der Waals surface area contributed by atoms with Gasteiger partial charge >= 0.3 is 0 Å². The number of likely N-dealkylation sites (tertiary alicyclic amines) is 2. The highest BCUT2D eigenvalue weighted by Crippen LogP contribution is 2.31. The first-order valence-corrected chi connectivity index (χ1v) is 13.1. The minimum absolute atomic E-state index is 0.431. The van der Waals surface area contributed by atoms with E-state index in [2.05, 4.69) is 57.1 Å². The molecule has 7 nitrogen and oxygen atoms in total. The van der Waals surface area contributed by atoms with Crippen molar-refractivity contribution in [3.05, 3.63) is 35.9 Å². The van der Waals surface area contributed by atoms with Gasteiger partial charge in [0.2, 0.25) is 10.0 Å². The summed E-state index contributed by atoms with van der Waals surface area (Å²) >= 11 is 0. The van der Waals surface area contributed by atoms with Gasteiger partial charge in [-0.1, -0.05) is 30.3 Å². The minimum atomic E-state index is -3.13. The summed E-state index contributed by atoms with van der Waals surface area (Å²) in [6, 6.07) is 11.5. The van der Waals surface area contributed by atoms with Crippen LogP contribution >= 0.6 is 0 Å². The largest absolute Gasteiger partial charge is 0.357 e. The Labute approximate surface area is 182 Å². The van der Waals surface area contributed by atoms with Crippen LogP contribution in [0.25, 0.3) is 0 Å². The molecule has 2 N–H and O–H groups in total. The lowest BCUT2D eigenvalue weighted by atomic mass is 9.83. The van der Waals surface area contributed by atoms with Crippen LogP contribution < -0.4 is 10.0 Å². The monoisotopic (exact) mass is 435 g/mol. The number of hydrogen-bond donors (Lipinski definition) is 2. The van der Waals surface area contributed by atoms with Crippen LogP contribution in [0.3, 0.4) is 0 Å². The maximum Gasteiger partial charge on any atom is 0.208 e. The quantitative estimate of drug-likeness (QED) is 0.370. The molecule has 3 rings (SSSR count). The van der Waals surface area contributed by atoms with Crippen LogP contribution in [-0.4, -0.2) is 75.7 Å². The van der Waals surface area contributed by atoms with E-state index >= 15 is 0 Å². The Balaban J connectivity index is 1.55. The third-order valence-electron chi connectivity index (χ3n) is 6.01. The Morgan fingerprint density at radius 2 is 2.00 bits per heavy atom. The molecule has 0 amide bonds. The number of aliphatic imine (C=N–C) groups is 1. The van der Waals surface area contributed by atoms with E-state index in [1.807, 2.05) is 0 Å². The summed E-state index contributed by atoms with van der Waals surface area (Å²) in [5, 5.41) is 3.43. The Hall–Kier alpha value is -1.64. The number of nitrogens with one attached hydrogen (secondary N) is 2. The molecule has 2 fully saturated rings. The molecule has 2 aliphatic rings. The number of guanidine groups is 1. The van der Waals surface area contributed by atoms with Crippen molar-refractivity contribution in [2.24, 2.45) is 10.9 Å². The highest BCUT2D eigenvalue weighted by atomic mass is 32.2. The molecule has 2 atom stereocenters. The van der Waals surface area contributed by atoms with Crippen LogP contribution in [0.1, 0.15) is 38.2 Å². The van der Waals surface area contributed by atoms with E-state index in [0.29, 0.717) is 31.5 Å². The van der Waals surface area contributed by atoms with Gasteiger partial charge in [-0.15, -0.1) is 0 Å². The van der Waals surface area contributed by atoms with E-state index in [4.69, 9.17) is 4.99 Å². The molecule has 0 bridgehead atoms. The number of rotatable bonds is 8. The minimum Gasteiger partial charge on any atom is -0.357 e. The molecular formula is C22H37N5O2S. The molecule has 2 unspecified atom stereocenters. The van der Waals surface area contributed by atoms with Gasteiger partial charge < -0.3 is 10.2 Å². The van der Waals surface area contributed by atoms with Gasteiger partial charge in [-0.3, -0.25) is 9.89 Å². The van der Waals surface area contributed by atoms with Crippen LogP contribution in [0.4, 0.5) is 0 Å². The summed E-state index contributed by atoms with van der Waals surface area (Å²) in [6.07, 6.45) is 5.59. The lowest BCUT2D eigenvalue weighted by Crippen LogP contribution is -2.56. The van der Waals surface area contributed by atoms with Crippen molar-refractivity contribution in [2.75, 3.05) is 45.5 Å². The first kappa shape index (κ1) is 23.0. The summed E-state index contributed by atoms with van der Waals surface area (Å²) in [4.78, 5) is 9.85. The van der Waals surface area contributed by atoms with Gasteiger partial charge in [0.25, 0.3) is 0 Å². The predicted octanol–water partition coefficient (Wildman–Crippen LogP) is 1.88. The Bertz CT molecular complexity index is 784. The van der Waals surface area contributed by atoms with Crippen molar-refractivity contribution < 1.29 is 8.42 Å². The molecule has 1 aromatic carbocycles. The average Bonchev–Trinajstić information content (AvgIpc) is 2.72. The van der Waals surface area contributed by atoms with E-state index in [1.165, 1.54) is 31.2 Å². The van der Waals surface area contributed by atoms with Crippen molar-refractivity contribution >= 4 is 16.0 Å². The van der Waals surface area contributed by atoms with Crippen molar-refractivity contribution in [2.45, 2.75) is 45.2 Å². The second kappa shape index (κ2) is 11.1.